The maximum Gasteiger partial charge on any atom is 0.294 e. The van der Waals surface area contributed by atoms with Crippen molar-refractivity contribution in [3.63, 3.8) is 0 Å². The molecule has 4 nitrogen and oxygen atoms in total. The van der Waals surface area contributed by atoms with E-state index in [2.05, 4.69) is 22.4 Å². The van der Waals surface area contributed by atoms with Crippen LogP contribution in [0.2, 0.25) is 5.02 Å². The lowest BCUT2D eigenvalue weighted by atomic mass is 10.1. The lowest BCUT2D eigenvalue weighted by Gasteiger charge is -1.99. The van der Waals surface area contributed by atoms with Gasteiger partial charge in [-0.05, 0) is 17.7 Å². The normalized spacial score (nSPS) is 10.9. The quantitative estimate of drug-likeness (QED) is 0.525. The van der Waals surface area contributed by atoms with Crippen molar-refractivity contribution in [3.8, 4) is 0 Å². The minimum atomic E-state index is -0.401. The van der Waals surface area contributed by atoms with Gasteiger partial charge in [-0.15, -0.1) is 11.3 Å². The van der Waals surface area contributed by atoms with Gasteiger partial charge in [0, 0.05) is 22.9 Å². The van der Waals surface area contributed by atoms with Gasteiger partial charge in [-0.1, -0.05) is 54.1 Å². The number of benzene rings is 2. The van der Waals surface area contributed by atoms with Gasteiger partial charge in [0.15, 0.2) is 5.13 Å². The van der Waals surface area contributed by atoms with Crippen molar-refractivity contribution in [3.05, 3.63) is 82.0 Å². The van der Waals surface area contributed by atoms with Gasteiger partial charge in [0.1, 0.15) is 5.58 Å². The number of aromatic nitrogens is 1. The van der Waals surface area contributed by atoms with Crippen LogP contribution >= 0.6 is 22.9 Å². The summed E-state index contributed by atoms with van der Waals surface area (Å²) in [5.74, 6) is -0.301. The number of para-hydroxylation sites is 1. The van der Waals surface area contributed by atoms with Crippen molar-refractivity contribution < 1.29 is 9.21 Å². The molecule has 4 aromatic rings. The highest BCUT2D eigenvalue weighted by atomic mass is 35.5. The topological polar surface area (TPSA) is 55.1 Å². The van der Waals surface area contributed by atoms with Crippen LogP contribution in [0, 0.1) is 0 Å². The zero-order valence-corrected chi connectivity index (χ0v) is 14.6. The van der Waals surface area contributed by atoms with E-state index in [1.165, 1.54) is 16.9 Å². The van der Waals surface area contributed by atoms with E-state index in [1.54, 1.807) is 12.3 Å². The molecule has 0 atom stereocenters. The summed E-state index contributed by atoms with van der Waals surface area (Å²) in [6.07, 6.45) is 2.55. The molecule has 124 valence electrons. The van der Waals surface area contributed by atoms with E-state index in [4.69, 9.17) is 16.0 Å². The third-order valence-corrected chi connectivity index (χ3v) is 5.02. The van der Waals surface area contributed by atoms with Crippen molar-refractivity contribution in [1.82, 2.24) is 4.98 Å². The van der Waals surface area contributed by atoms with E-state index in [0.29, 0.717) is 15.7 Å². The molecule has 1 amide bonds. The highest BCUT2D eigenvalue weighted by Crippen LogP contribution is 2.31. The van der Waals surface area contributed by atoms with Crippen LogP contribution in [0.15, 0.2) is 65.2 Å². The minimum absolute atomic E-state index is 0.0997. The number of halogens is 1. The Morgan fingerprint density at radius 3 is 2.68 bits per heavy atom. The number of thiazole rings is 1. The van der Waals surface area contributed by atoms with Crippen LogP contribution in [0.3, 0.4) is 0 Å². The molecular weight excluding hydrogens is 356 g/mol. The van der Waals surface area contributed by atoms with Gasteiger partial charge >= 0.3 is 0 Å². The molecule has 2 aromatic carbocycles. The van der Waals surface area contributed by atoms with E-state index >= 15 is 0 Å². The highest BCUT2D eigenvalue weighted by molar-refractivity contribution is 7.15. The van der Waals surface area contributed by atoms with Crippen LogP contribution in [0.4, 0.5) is 5.13 Å². The predicted molar refractivity (Wildman–Crippen MR) is 101 cm³/mol. The third kappa shape index (κ3) is 3.29. The molecule has 0 bridgehead atoms. The van der Waals surface area contributed by atoms with Crippen molar-refractivity contribution in [1.29, 1.82) is 0 Å². The van der Waals surface area contributed by atoms with Crippen LogP contribution < -0.4 is 5.32 Å². The van der Waals surface area contributed by atoms with Crippen LogP contribution in [-0.2, 0) is 6.42 Å². The monoisotopic (exact) mass is 368 g/mol. The molecule has 0 radical (unpaired) electrons. The Balaban J connectivity index is 1.52. The number of hydrogen-bond acceptors (Lipinski definition) is 4. The summed E-state index contributed by atoms with van der Waals surface area (Å²) in [5.41, 5.74) is 1.78. The Kier molecular flexibility index (Phi) is 4.26. The second-order valence-corrected chi connectivity index (χ2v) is 6.98. The Bertz CT molecular complexity index is 1040. The number of anilines is 1. The summed E-state index contributed by atoms with van der Waals surface area (Å²) in [7, 11) is 0. The lowest BCUT2D eigenvalue weighted by Crippen LogP contribution is -2.10. The first kappa shape index (κ1) is 15.9. The average Bonchev–Trinajstić information content (AvgIpc) is 3.20. The summed E-state index contributed by atoms with van der Waals surface area (Å²) in [6.45, 7) is 0. The van der Waals surface area contributed by atoms with E-state index in [-0.39, 0.29) is 5.76 Å². The number of amides is 1. The Morgan fingerprint density at radius 1 is 1.12 bits per heavy atom. The first-order valence-corrected chi connectivity index (χ1v) is 8.87. The minimum Gasteiger partial charge on any atom is -0.449 e. The SMILES string of the molecule is O=C(Nc1ncc(Cc2ccccc2)s1)c1oc2ccccc2c1Cl. The summed E-state index contributed by atoms with van der Waals surface area (Å²) in [4.78, 5) is 17.8. The number of fused-ring (bicyclic) bond motifs is 1. The van der Waals surface area contributed by atoms with Gasteiger partial charge in [-0.2, -0.15) is 0 Å². The number of rotatable bonds is 4. The van der Waals surface area contributed by atoms with E-state index in [9.17, 15) is 4.79 Å². The molecule has 0 aliphatic carbocycles. The highest BCUT2D eigenvalue weighted by Gasteiger charge is 2.20. The lowest BCUT2D eigenvalue weighted by molar-refractivity contribution is 0.0999. The predicted octanol–water partition coefficient (Wildman–Crippen LogP) is 5.39. The molecule has 0 fully saturated rings. The molecule has 2 aromatic heterocycles. The number of carbonyl (C=O) groups is 1. The Hall–Kier alpha value is -2.63. The van der Waals surface area contributed by atoms with Crippen molar-refractivity contribution in [2.24, 2.45) is 0 Å². The van der Waals surface area contributed by atoms with Crippen LogP contribution in [0.25, 0.3) is 11.0 Å². The summed E-state index contributed by atoms with van der Waals surface area (Å²) in [6, 6.07) is 17.4. The standard InChI is InChI=1S/C19H13ClN2O2S/c20-16-14-8-4-5-9-15(14)24-17(16)18(23)22-19-21-11-13(25-19)10-12-6-2-1-3-7-12/h1-9,11H,10H2,(H,21,22,23). The number of hydrogen-bond donors (Lipinski definition) is 1. The third-order valence-electron chi connectivity index (χ3n) is 3.74. The van der Waals surface area contributed by atoms with Gasteiger partial charge in [0.2, 0.25) is 5.76 Å². The van der Waals surface area contributed by atoms with E-state index in [1.807, 2.05) is 36.4 Å². The molecule has 4 rings (SSSR count). The van der Waals surface area contributed by atoms with E-state index in [0.717, 1.165) is 16.7 Å². The molecule has 0 spiro atoms. The fourth-order valence-corrected chi connectivity index (χ4v) is 3.68. The fraction of sp³-hybridized carbons (Fsp3) is 0.0526. The van der Waals surface area contributed by atoms with Gasteiger partial charge < -0.3 is 4.42 Å². The first-order valence-electron chi connectivity index (χ1n) is 7.68. The maximum absolute atomic E-state index is 12.4. The smallest absolute Gasteiger partial charge is 0.294 e. The molecule has 6 heteroatoms. The Morgan fingerprint density at radius 2 is 1.88 bits per heavy atom. The largest absolute Gasteiger partial charge is 0.449 e. The molecule has 0 aliphatic rings. The fourth-order valence-electron chi connectivity index (χ4n) is 2.56. The molecule has 0 aliphatic heterocycles. The van der Waals surface area contributed by atoms with Gasteiger partial charge in [0.05, 0.1) is 5.02 Å². The maximum atomic E-state index is 12.4. The molecule has 2 heterocycles. The van der Waals surface area contributed by atoms with Gasteiger partial charge in [0.25, 0.3) is 5.91 Å². The number of nitrogens with zero attached hydrogens (tertiary/aromatic N) is 1. The first-order chi connectivity index (χ1) is 12.2. The molecule has 0 unspecified atom stereocenters. The van der Waals surface area contributed by atoms with Crippen molar-refractivity contribution >= 4 is 44.9 Å². The Labute approximate surface area is 153 Å². The summed E-state index contributed by atoms with van der Waals surface area (Å²) in [5, 5.41) is 4.31. The molecule has 1 N–H and O–H groups in total. The van der Waals surface area contributed by atoms with Crippen LogP contribution in [0.1, 0.15) is 21.0 Å². The molecule has 0 saturated heterocycles. The van der Waals surface area contributed by atoms with Gasteiger partial charge in [-0.25, -0.2) is 4.98 Å². The van der Waals surface area contributed by atoms with Gasteiger partial charge in [-0.3, -0.25) is 10.1 Å². The zero-order valence-electron chi connectivity index (χ0n) is 13.0. The number of nitrogens with one attached hydrogen (secondary N) is 1. The van der Waals surface area contributed by atoms with Crippen molar-refractivity contribution in [2.45, 2.75) is 6.42 Å². The second kappa shape index (κ2) is 6.70. The molecular formula is C19H13ClN2O2S. The molecule has 0 saturated carbocycles. The average molecular weight is 369 g/mol. The van der Waals surface area contributed by atoms with Crippen molar-refractivity contribution in [2.75, 3.05) is 5.32 Å². The second-order valence-electron chi connectivity index (χ2n) is 5.49. The number of furan rings is 1. The summed E-state index contributed by atoms with van der Waals surface area (Å²) >= 11 is 7.69. The van der Waals surface area contributed by atoms with E-state index < -0.39 is 5.91 Å². The summed E-state index contributed by atoms with van der Waals surface area (Å²) < 4.78 is 5.57. The van der Waals surface area contributed by atoms with Crippen LogP contribution in [-0.4, -0.2) is 10.9 Å². The number of carbonyl (C=O) groups excluding carboxylic acids is 1. The molecule has 25 heavy (non-hydrogen) atoms. The van der Waals surface area contributed by atoms with Crippen LogP contribution in [0.5, 0.6) is 0 Å². The zero-order chi connectivity index (χ0) is 17.2.